The number of anilines is 4. The van der Waals surface area contributed by atoms with Gasteiger partial charge in [-0.05, 0) is 48.5 Å². The molecule has 0 amide bonds. The smallest absolute Gasteiger partial charge is 0.315 e. The van der Waals surface area contributed by atoms with E-state index >= 15 is 0 Å². The second-order valence-electron chi connectivity index (χ2n) is 5.97. The van der Waals surface area contributed by atoms with E-state index in [4.69, 9.17) is 0 Å². The van der Waals surface area contributed by atoms with Crippen molar-refractivity contribution in [1.29, 1.82) is 0 Å². The Morgan fingerprint density at radius 2 is 1.03 bits per heavy atom. The number of hydrogen-bond acceptors (Lipinski definition) is 9. The largest absolute Gasteiger partial charge is 0.324 e. The van der Waals surface area contributed by atoms with Crippen molar-refractivity contribution in [2.24, 2.45) is 0 Å². The molecule has 160 valence electrons. The molecule has 2 N–H and O–H groups in total. The summed E-state index contributed by atoms with van der Waals surface area (Å²) in [5.41, 5.74) is 0.831. The lowest BCUT2D eigenvalue weighted by molar-refractivity contribution is 0.537. The van der Waals surface area contributed by atoms with Gasteiger partial charge in [-0.2, -0.15) is 19.3 Å². The van der Waals surface area contributed by atoms with Gasteiger partial charge in [0.25, 0.3) is 0 Å². The first-order chi connectivity index (χ1) is 14.6. The summed E-state index contributed by atoms with van der Waals surface area (Å²) in [6, 6.07) is 11.3. The van der Waals surface area contributed by atoms with E-state index in [0.717, 1.165) is 10.8 Å². The molecule has 0 saturated heterocycles. The van der Waals surface area contributed by atoms with E-state index in [1.54, 1.807) is 0 Å². The van der Waals surface area contributed by atoms with Crippen LogP contribution in [0.1, 0.15) is 0 Å². The van der Waals surface area contributed by atoms with E-state index < -0.39 is 25.8 Å². The molecule has 0 aliphatic carbocycles. The lowest BCUT2D eigenvalue weighted by atomic mass is 10.3. The molecular weight excluding hydrogens is 445 g/mol. The Morgan fingerprint density at radius 3 is 1.35 bits per heavy atom. The fourth-order valence-corrected chi connectivity index (χ4v) is 3.78. The van der Waals surface area contributed by atoms with Gasteiger partial charge in [-0.25, -0.2) is 16.8 Å². The minimum absolute atomic E-state index is 0.0548. The lowest BCUT2D eigenvalue weighted by Crippen LogP contribution is -2.06. The van der Waals surface area contributed by atoms with Gasteiger partial charge in [0.2, 0.25) is 11.9 Å². The molecular formula is C19H16FN5O4S2. The summed E-state index contributed by atoms with van der Waals surface area (Å²) in [6.07, 6.45) is -1.06. The minimum atomic E-state index is -3.57. The van der Waals surface area contributed by atoms with Gasteiger partial charge in [-0.15, -0.1) is 0 Å². The maximum absolute atomic E-state index is 13.8. The highest BCUT2D eigenvalue weighted by molar-refractivity contribution is 7.94. The quantitative estimate of drug-likeness (QED) is 0.518. The number of rotatable bonds is 8. The average Bonchev–Trinajstić information content (AvgIpc) is 2.74. The van der Waals surface area contributed by atoms with Crippen LogP contribution in [0.4, 0.5) is 27.7 Å². The van der Waals surface area contributed by atoms with Crippen LogP contribution in [0.15, 0.2) is 82.3 Å². The Kier molecular flexibility index (Phi) is 6.13. The summed E-state index contributed by atoms with van der Waals surface area (Å²) in [6.45, 7) is 6.52. The Labute approximate surface area is 178 Å². The van der Waals surface area contributed by atoms with Crippen molar-refractivity contribution in [3.05, 3.63) is 78.6 Å². The number of aromatic nitrogens is 3. The number of benzene rings is 2. The maximum Gasteiger partial charge on any atom is 0.315 e. The summed E-state index contributed by atoms with van der Waals surface area (Å²) in [7, 11) is -7.14. The van der Waals surface area contributed by atoms with Gasteiger partial charge in [0.15, 0.2) is 19.7 Å². The average molecular weight is 462 g/mol. The minimum Gasteiger partial charge on any atom is -0.324 e. The van der Waals surface area contributed by atoms with Crippen molar-refractivity contribution in [2.75, 3.05) is 10.6 Å². The van der Waals surface area contributed by atoms with E-state index in [1.807, 2.05) is 0 Å². The first-order valence-electron chi connectivity index (χ1n) is 8.54. The molecule has 31 heavy (non-hydrogen) atoms. The van der Waals surface area contributed by atoms with Crippen molar-refractivity contribution in [2.45, 2.75) is 9.79 Å². The maximum atomic E-state index is 13.8. The van der Waals surface area contributed by atoms with Crippen LogP contribution in [0.25, 0.3) is 0 Å². The Balaban J connectivity index is 1.79. The lowest BCUT2D eigenvalue weighted by Gasteiger charge is -2.09. The van der Waals surface area contributed by atoms with Gasteiger partial charge >= 0.3 is 6.08 Å². The van der Waals surface area contributed by atoms with Crippen LogP contribution in [-0.4, -0.2) is 31.8 Å². The van der Waals surface area contributed by atoms with Crippen molar-refractivity contribution in [3.8, 4) is 0 Å². The number of halogens is 1. The molecule has 1 aromatic heterocycles. The first kappa shape index (κ1) is 22.1. The second-order valence-corrected chi connectivity index (χ2v) is 9.76. The molecule has 2 aromatic carbocycles. The zero-order chi connectivity index (χ0) is 22.6. The normalized spacial score (nSPS) is 11.5. The van der Waals surface area contributed by atoms with E-state index in [-0.39, 0.29) is 21.7 Å². The molecule has 0 saturated carbocycles. The van der Waals surface area contributed by atoms with Gasteiger partial charge in [-0.3, -0.25) is 0 Å². The fraction of sp³-hybridized carbons (Fsp3) is 0. The van der Waals surface area contributed by atoms with Gasteiger partial charge in [-0.1, -0.05) is 13.2 Å². The summed E-state index contributed by atoms with van der Waals surface area (Å²) < 4.78 is 60.9. The van der Waals surface area contributed by atoms with Gasteiger partial charge in [0.05, 0.1) is 9.79 Å². The molecule has 0 atom stereocenters. The Hall–Kier alpha value is -3.64. The predicted octanol–water partition coefficient (Wildman–Crippen LogP) is 3.33. The van der Waals surface area contributed by atoms with Crippen LogP contribution in [0, 0.1) is 6.08 Å². The van der Waals surface area contributed by atoms with Crippen LogP contribution in [0.2, 0.25) is 0 Å². The van der Waals surface area contributed by atoms with E-state index in [0.29, 0.717) is 11.4 Å². The number of sulfone groups is 2. The first-order valence-corrected chi connectivity index (χ1v) is 11.6. The molecule has 0 spiro atoms. The molecule has 0 fully saturated rings. The summed E-state index contributed by atoms with van der Waals surface area (Å²) in [5, 5.41) is 7.18. The van der Waals surface area contributed by atoms with Crippen LogP contribution >= 0.6 is 0 Å². The second kappa shape index (κ2) is 8.62. The summed E-state index contributed by atoms with van der Waals surface area (Å²) in [4.78, 5) is 11.3. The third-order valence-electron chi connectivity index (χ3n) is 3.92. The molecule has 0 unspecified atom stereocenters. The van der Waals surface area contributed by atoms with Gasteiger partial charge in [0.1, 0.15) is 0 Å². The van der Waals surface area contributed by atoms with Gasteiger partial charge < -0.3 is 10.6 Å². The van der Waals surface area contributed by atoms with E-state index in [9.17, 15) is 21.2 Å². The Bertz CT molecular complexity index is 1240. The van der Waals surface area contributed by atoms with E-state index in [2.05, 4.69) is 38.7 Å². The SMILES string of the molecule is C=CS(=O)(=O)c1ccc(Nc2nc(F)nc(Nc3ccc(S(=O)(=O)C=C)cc3)n2)cc1. The zero-order valence-corrected chi connectivity index (χ0v) is 17.5. The van der Waals surface area contributed by atoms with Crippen LogP contribution in [-0.2, 0) is 19.7 Å². The number of nitrogens with zero attached hydrogens (tertiary/aromatic N) is 3. The molecule has 9 nitrogen and oxygen atoms in total. The third kappa shape index (κ3) is 5.29. The summed E-state index contributed by atoms with van der Waals surface area (Å²) >= 11 is 0. The number of hydrogen-bond donors (Lipinski definition) is 2. The van der Waals surface area contributed by atoms with Crippen LogP contribution in [0.3, 0.4) is 0 Å². The monoisotopic (exact) mass is 461 g/mol. The Morgan fingerprint density at radius 1 is 0.677 bits per heavy atom. The van der Waals surface area contributed by atoms with Crippen molar-refractivity contribution < 1.29 is 21.2 Å². The highest BCUT2D eigenvalue weighted by Crippen LogP contribution is 2.21. The zero-order valence-electron chi connectivity index (χ0n) is 15.9. The molecule has 0 aliphatic rings. The fourth-order valence-electron chi connectivity index (χ4n) is 2.37. The van der Waals surface area contributed by atoms with Crippen molar-refractivity contribution in [3.63, 3.8) is 0 Å². The highest BCUT2D eigenvalue weighted by atomic mass is 32.2. The third-order valence-corrected chi connectivity index (χ3v) is 6.66. The highest BCUT2D eigenvalue weighted by Gasteiger charge is 2.12. The van der Waals surface area contributed by atoms with Crippen LogP contribution in [0.5, 0.6) is 0 Å². The predicted molar refractivity (Wildman–Crippen MR) is 114 cm³/mol. The molecule has 3 aromatic rings. The molecule has 0 bridgehead atoms. The molecule has 0 radical (unpaired) electrons. The molecule has 0 aliphatic heterocycles. The molecule has 3 rings (SSSR count). The standard InChI is InChI=1S/C19H16FN5O4S2/c1-3-30(26,27)15-9-5-13(6-10-15)21-18-23-17(20)24-19(25-18)22-14-7-11-16(12-8-14)31(28,29)4-2/h3-12H,1-2H2,(H2,21,22,23,24,25). The van der Waals surface area contributed by atoms with E-state index in [1.165, 1.54) is 48.5 Å². The molecule has 1 heterocycles. The van der Waals surface area contributed by atoms with Crippen LogP contribution < -0.4 is 10.6 Å². The summed E-state index contributed by atoms with van der Waals surface area (Å²) in [5.74, 6) is -0.250. The van der Waals surface area contributed by atoms with Crippen molar-refractivity contribution >= 4 is 42.9 Å². The number of nitrogens with one attached hydrogen (secondary N) is 2. The topological polar surface area (TPSA) is 131 Å². The molecule has 12 heteroatoms. The van der Waals surface area contributed by atoms with Crippen molar-refractivity contribution in [1.82, 2.24) is 15.0 Å². The van der Waals surface area contributed by atoms with Gasteiger partial charge in [0, 0.05) is 22.2 Å².